The molecular formula is C16H29ClN4O3. The first-order valence-electron chi connectivity index (χ1n) is 8.58. The van der Waals surface area contributed by atoms with Crippen molar-refractivity contribution in [2.45, 2.75) is 65.1 Å². The summed E-state index contributed by atoms with van der Waals surface area (Å²) in [6, 6.07) is -1.74. The van der Waals surface area contributed by atoms with Gasteiger partial charge in [0.05, 0.1) is 6.04 Å². The molecule has 1 aliphatic rings. The molecule has 138 valence electrons. The molecule has 1 rings (SSSR count). The van der Waals surface area contributed by atoms with E-state index in [1.54, 1.807) is 11.8 Å². The summed E-state index contributed by atoms with van der Waals surface area (Å²) in [6.45, 7) is 8.45. The lowest BCUT2D eigenvalue weighted by atomic mass is 10.0. The second-order valence-electron chi connectivity index (χ2n) is 6.54. The molecule has 3 amide bonds. The molecule has 0 bridgehead atoms. The minimum absolute atomic E-state index is 0.0936. The monoisotopic (exact) mass is 360 g/mol. The summed E-state index contributed by atoms with van der Waals surface area (Å²) < 4.78 is 0. The van der Waals surface area contributed by atoms with Crippen LogP contribution >= 0.6 is 11.8 Å². The smallest absolute Gasteiger partial charge is 0.246 e. The minimum Gasteiger partial charge on any atom is -0.354 e. The summed E-state index contributed by atoms with van der Waals surface area (Å²) in [5.41, 5.74) is 0. The van der Waals surface area contributed by atoms with Gasteiger partial charge in [0.15, 0.2) is 0 Å². The number of hydrogen-bond donors (Lipinski definition) is 3. The van der Waals surface area contributed by atoms with Crippen LogP contribution in [0.1, 0.15) is 47.0 Å². The molecule has 24 heavy (non-hydrogen) atoms. The third-order valence-electron chi connectivity index (χ3n) is 4.18. The topological polar surface area (TPSA) is 90.5 Å². The maximum atomic E-state index is 12.9. The number of likely N-dealkylation sites (tertiary alicyclic amines) is 1. The molecule has 0 radical (unpaired) electrons. The Hall–Kier alpha value is -1.34. The zero-order valence-corrected chi connectivity index (χ0v) is 15.7. The Morgan fingerprint density at radius 3 is 2.46 bits per heavy atom. The summed E-state index contributed by atoms with van der Waals surface area (Å²) in [5.74, 6) is -0.770. The van der Waals surface area contributed by atoms with E-state index in [4.69, 9.17) is 11.8 Å². The number of amides is 3. The van der Waals surface area contributed by atoms with Crippen molar-refractivity contribution >= 4 is 29.5 Å². The molecule has 0 aliphatic carbocycles. The second-order valence-corrected chi connectivity index (χ2v) is 6.76. The molecule has 3 N–H and O–H groups in total. The zero-order valence-electron chi connectivity index (χ0n) is 14.9. The van der Waals surface area contributed by atoms with E-state index in [1.165, 1.54) is 0 Å². The lowest BCUT2D eigenvalue weighted by Crippen LogP contribution is -2.57. The van der Waals surface area contributed by atoms with Crippen LogP contribution in [0.4, 0.5) is 0 Å². The van der Waals surface area contributed by atoms with E-state index in [-0.39, 0.29) is 23.6 Å². The van der Waals surface area contributed by atoms with Crippen molar-refractivity contribution in [3.63, 3.8) is 0 Å². The van der Waals surface area contributed by atoms with E-state index in [0.717, 1.165) is 12.8 Å². The van der Waals surface area contributed by atoms with Crippen LogP contribution < -0.4 is 15.5 Å². The number of rotatable bonds is 8. The first-order valence-corrected chi connectivity index (χ1v) is 8.96. The summed E-state index contributed by atoms with van der Waals surface area (Å²) in [4.78, 5) is 41.2. The van der Waals surface area contributed by atoms with Crippen molar-refractivity contribution < 1.29 is 14.4 Å². The van der Waals surface area contributed by atoms with E-state index in [9.17, 15) is 14.4 Å². The van der Waals surface area contributed by atoms with Crippen molar-refractivity contribution in [3.05, 3.63) is 0 Å². The highest BCUT2D eigenvalue weighted by Gasteiger charge is 2.38. The zero-order chi connectivity index (χ0) is 18.3. The second kappa shape index (κ2) is 9.84. The van der Waals surface area contributed by atoms with Crippen molar-refractivity contribution in [1.82, 2.24) is 20.4 Å². The lowest BCUT2D eigenvalue weighted by Gasteiger charge is -2.31. The number of nitrogens with zero attached hydrogens (tertiary/aromatic N) is 1. The van der Waals surface area contributed by atoms with Crippen LogP contribution in [-0.4, -0.2) is 53.8 Å². The highest BCUT2D eigenvalue weighted by molar-refractivity contribution is 6.15. The van der Waals surface area contributed by atoms with E-state index < -0.39 is 18.1 Å². The largest absolute Gasteiger partial charge is 0.354 e. The molecule has 3 unspecified atom stereocenters. The van der Waals surface area contributed by atoms with Gasteiger partial charge in [-0.15, -0.1) is 0 Å². The molecule has 1 fully saturated rings. The first-order chi connectivity index (χ1) is 11.3. The highest BCUT2D eigenvalue weighted by Crippen LogP contribution is 2.20. The van der Waals surface area contributed by atoms with Crippen molar-refractivity contribution in [3.8, 4) is 0 Å². The molecule has 0 spiro atoms. The fourth-order valence-electron chi connectivity index (χ4n) is 2.69. The summed E-state index contributed by atoms with van der Waals surface area (Å²) in [7, 11) is 0. The lowest BCUT2D eigenvalue weighted by molar-refractivity contribution is -0.142. The third-order valence-corrected chi connectivity index (χ3v) is 4.50. The Labute approximate surface area is 149 Å². The highest BCUT2D eigenvalue weighted by atomic mass is 35.5. The fourth-order valence-corrected chi connectivity index (χ4v) is 2.79. The molecule has 0 aromatic carbocycles. The Kier molecular flexibility index (Phi) is 8.48. The molecule has 8 heteroatoms. The van der Waals surface area contributed by atoms with Crippen LogP contribution in [0, 0.1) is 5.92 Å². The van der Waals surface area contributed by atoms with Crippen LogP contribution in [0.3, 0.4) is 0 Å². The average Bonchev–Trinajstić information content (AvgIpc) is 3.05. The fraction of sp³-hybridized carbons (Fsp3) is 0.812. The quantitative estimate of drug-likeness (QED) is 0.558. The van der Waals surface area contributed by atoms with Gasteiger partial charge in [-0.25, -0.2) is 4.84 Å². The number of hydrogen-bond acceptors (Lipinski definition) is 4. The number of halogens is 1. The molecule has 0 aromatic rings. The van der Waals surface area contributed by atoms with Crippen LogP contribution in [-0.2, 0) is 14.4 Å². The summed E-state index contributed by atoms with van der Waals surface area (Å²) in [5, 5.41) is 5.59. The van der Waals surface area contributed by atoms with Gasteiger partial charge in [0.1, 0.15) is 12.1 Å². The normalized spacial score (nSPS) is 19.9. The van der Waals surface area contributed by atoms with Gasteiger partial charge in [-0.2, -0.15) is 0 Å². The van der Waals surface area contributed by atoms with Gasteiger partial charge >= 0.3 is 0 Å². The van der Waals surface area contributed by atoms with Crippen molar-refractivity contribution in [2.75, 3.05) is 13.1 Å². The first kappa shape index (κ1) is 20.7. The summed E-state index contributed by atoms with van der Waals surface area (Å²) in [6.07, 6.45) is 2.29. The van der Waals surface area contributed by atoms with E-state index in [1.807, 2.05) is 20.8 Å². The average molecular weight is 361 g/mol. The van der Waals surface area contributed by atoms with Crippen LogP contribution in [0.15, 0.2) is 0 Å². The maximum Gasteiger partial charge on any atom is 0.246 e. The molecule has 0 saturated carbocycles. The van der Waals surface area contributed by atoms with Gasteiger partial charge in [-0.05, 0) is 43.9 Å². The van der Waals surface area contributed by atoms with E-state index in [2.05, 4.69) is 15.5 Å². The molecule has 1 aliphatic heterocycles. The predicted octanol–water partition coefficient (Wildman–Crippen LogP) is 0.776. The maximum absolute atomic E-state index is 12.9. The van der Waals surface area contributed by atoms with Crippen LogP contribution in [0.25, 0.3) is 0 Å². The predicted molar refractivity (Wildman–Crippen MR) is 93.3 cm³/mol. The molecule has 1 saturated heterocycles. The Balaban J connectivity index is 2.81. The number of carbonyl (C=O) groups is 3. The SMILES string of the molecule is CCCNC(=O)C1CCCN1C(=O)C(NC(=O)C(C)NCl)C(C)C. The molecule has 7 nitrogen and oxygen atoms in total. The third kappa shape index (κ3) is 5.34. The van der Waals surface area contributed by atoms with Gasteiger partial charge in [-0.1, -0.05) is 20.8 Å². The Bertz CT molecular complexity index is 459. The van der Waals surface area contributed by atoms with E-state index in [0.29, 0.717) is 19.5 Å². The number of nitrogens with one attached hydrogen (secondary N) is 3. The molecule has 1 heterocycles. The van der Waals surface area contributed by atoms with Crippen LogP contribution in [0.2, 0.25) is 0 Å². The Morgan fingerprint density at radius 1 is 1.25 bits per heavy atom. The molecular weight excluding hydrogens is 332 g/mol. The molecule has 0 aromatic heterocycles. The summed E-state index contributed by atoms with van der Waals surface area (Å²) >= 11 is 5.47. The van der Waals surface area contributed by atoms with Crippen molar-refractivity contribution in [2.24, 2.45) is 5.92 Å². The standard InChI is InChI=1S/C16H29ClN4O3/c1-5-8-18-15(23)12-7-6-9-21(12)16(24)13(10(2)3)19-14(22)11(4)20-17/h10-13,20H,5-9H2,1-4H3,(H,18,23)(H,19,22). The van der Waals surface area contributed by atoms with Crippen molar-refractivity contribution in [1.29, 1.82) is 0 Å². The van der Waals surface area contributed by atoms with Gasteiger partial charge in [-0.3, -0.25) is 14.4 Å². The van der Waals surface area contributed by atoms with Gasteiger partial charge in [0, 0.05) is 13.1 Å². The molecule has 3 atom stereocenters. The number of carbonyl (C=O) groups excluding carboxylic acids is 3. The van der Waals surface area contributed by atoms with Gasteiger partial charge < -0.3 is 15.5 Å². The van der Waals surface area contributed by atoms with E-state index >= 15 is 0 Å². The Morgan fingerprint density at radius 2 is 1.92 bits per heavy atom. The van der Waals surface area contributed by atoms with Gasteiger partial charge in [0.25, 0.3) is 0 Å². The van der Waals surface area contributed by atoms with Gasteiger partial charge in [0.2, 0.25) is 17.7 Å². The minimum atomic E-state index is -0.676. The van der Waals surface area contributed by atoms with Crippen LogP contribution in [0.5, 0.6) is 0 Å².